The van der Waals surface area contributed by atoms with Gasteiger partial charge >= 0.3 is 12.4 Å². The van der Waals surface area contributed by atoms with E-state index in [0.29, 0.717) is 5.39 Å². The maximum Gasteiger partial charge on any atom is 0.413 e. The van der Waals surface area contributed by atoms with Gasteiger partial charge in [-0.3, -0.25) is 8.37 Å². The Balaban J connectivity index is 2.08. The zero-order valence-corrected chi connectivity index (χ0v) is 22.4. The molecule has 16 heteroatoms. The summed E-state index contributed by atoms with van der Waals surface area (Å²) in [6.45, 7) is -0.844. The molecule has 0 bridgehead atoms. The molecule has 0 fully saturated rings. The summed E-state index contributed by atoms with van der Waals surface area (Å²) >= 11 is 3.19. The highest BCUT2D eigenvalue weighted by atomic mass is 79.9. The van der Waals surface area contributed by atoms with E-state index in [-0.39, 0.29) is 43.8 Å². The van der Waals surface area contributed by atoms with Crippen LogP contribution in [0.4, 0.5) is 26.3 Å². The number of hydrogen-bond acceptors (Lipinski definition) is 7. The Labute approximate surface area is 225 Å². The van der Waals surface area contributed by atoms with Gasteiger partial charge in [0, 0.05) is 37.5 Å². The van der Waals surface area contributed by atoms with Gasteiger partial charge in [0.05, 0.1) is 0 Å². The Bertz CT molecular complexity index is 1800. The van der Waals surface area contributed by atoms with Gasteiger partial charge < -0.3 is 4.74 Å². The highest BCUT2D eigenvalue weighted by molar-refractivity contribution is 9.10. The third-order valence-electron chi connectivity index (χ3n) is 5.39. The minimum absolute atomic E-state index is 0.0503. The molecule has 7 nitrogen and oxygen atoms in total. The summed E-state index contributed by atoms with van der Waals surface area (Å²) in [6, 6.07) is 7.27. The normalized spacial score (nSPS) is 13.5. The zero-order chi connectivity index (χ0) is 29.0. The minimum Gasteiger partial charge on any atom is -0.489 e. The van der Waals surface area contributed by atoms with Crippen molar-refractivity contribution in [1.29, 1.82) is 0 Å². The molecule has 0 spiro atoms. The Morgan fingerprint density at radius 3 is 1.67 bits per heavy atom. The van der Waals surface area contributed by atoms with Crippen LogP contribution in [0.25, 0.3) is 32.3 Å². The summed E-state index contributed by atoms with van der Waals surface area (Å²) in [4.78, 5) is -1.36. The molecule has 0 aliphatic heterocycles. The summed E-state index contributed by atoms with van der Waals surface area (Å²) in [5.41, 5.74) is 0. The number of rotatable bonds is 9. The van der Waals surface area contributed by atoms with Crippen molar-refractivity contribution in [2.45, 2.75) is 22.1 Å². The van der Waals surface area contributed by atoms with Gasteiger partial charge in [-0.15, -0.1) is 0 Å². The molecule has 0 aliphatic rings. The molecule has 0 aromatic heterocycles. The largest absolute Gasteiger partial charge is 0.489 e. The van der Waals surface area contributed by atoms with E-state index in [9.17, 15) is 43.2 Å². The van der Waals surface area contributed by atoms with Crippen LogP contribution in [0.1, 0.15) is 0 Å². The van der Waals surface area contributed by atoms with Crippen molar-refractivity contribution in [3.63, 3.8) is 0 Å². The third-order valence-corrected chi connectivity index (χ3v) is 8.65. The van der Waals surface area contributed by atoms with Crippen molar-refractivity contribution in [2.24, 2.45) is 0 Å². The van der Waals surface area contributed by atoms with Crippen LogP contribution >= 0.6 is 15.9 Å². The Morgan fingerprint density at radius 2 is 1.18 bits per heavy atom. The SMILES string of the molecule is C=CCOc1cc(S(=O)(=O)OCC(F)(F)F)c2ccc3c(Br)cc(S(=O)(=O)OCC(F)(F)F)c4ccc1c2c34. The molecule has 0 saturated heterocycles. The molecule has 0 amide bonds. The minimum atomic E-state index is -5.04. The molecule has 0 radical (unpaired) electrons. The van der Waals surface area contributed by atoms with Gasteiger partial charge in [0.1, 0.15) is 22.1 Å². The van der Waals surface area contributed by atoms with E-state index in [0.717, 1.165) is 12.1 Å². The average Bonchev–Trinajstić information content (AvgIpc) is 2.83. The fourth-order valence-electron chi connectivity index (χ4n) is 3.95. The molecule has 39 heavy (non-hydrogen) atoms. The summed E-state index contributed by atoms with van der Waals surface area (Å²) in [7, 11) is -10.0. The standard InChI is InChI=1S/C23H15BrF6O7S2/c1-2-7-35-17-9-19(39(33,34)37-11-23(28,29)30)15-5-3-12-16(24)8-18(38(31,32)36-10-22(25,26)27)14-6-4-13(17)21(15)20(12)14/h2-6,8-9H,1,7,10-11H2. The quantitative estimate of drug-likeness (QED) is 0.0882. The van der Waals surface area contributed by atoms with E-state index in [4.69, 9.17) is 4.74 Å². The van der Waals surface area contributed by atoms with Gasteiger partial charge in [0.25, 0.3) is 20.2 Å². The van der Waals surface area contributed by atoms with Gasteiger partial charge in [-0.2, -0.15) is 43.2 Å². The van der Waals surface area contributed by atoms with E-state index < -0.39 is 55.6 Å². The highest BCUT2D eigenvalue weighted by Crippen LogP contribution is 2.46. The van der Waals surface area contributed by atoms with Crippen molar-refractivity contribution in [1.82, 2.24) is 0 Å². The van der Waals surface area contributed by atoms with Crippen LogP contribution < -0.4 is 4.74 Å². The Kier molecular flexibility index (Phi) is 7.57. The predicted molar refractivity (Wildman–Crippen MR) is 132 cm³/mol. The van der Waals surface area contributed by atoms with Crippen LogP contribution in [0.15, 0.2) is 63.3 Å². The number of halogens is 7. The van der Waals surface area contributed by atoms with Crippen molar-refractivity contribution in [3.05, 3.63) is 53.5 Å². The summed E-state index contributed by atoms with van der Waals surface area (Å²) in [6.07, 6.45) is -8.60. The second kappa shape index (κ2) is 10.1. The van der Waals surface area contributed by atoms with Crippen LogP contribution in [-0.4, -0.2) is 49.0 Å². The lowest BCUT2D eigenvalue weighted by atomic mass is 9.94. The van der Waals surface area contributed by atoms with Crippen LogP contribution in [0, 0.1) is 0 Å². The van der Waals surface area contributed by atoms with Crippen LogP contribution in [0.3, 0.4) is 0 Å². The predicted octanol–water partition coefficient (Wildman–Crippen LogP) is 6.45. The van der Waals surface area contributed by atoms with Crippen LogP contribution in [-0.2, 0) is 28.6 Å². The molecular formula is C23H15BrF6O7S2. The van der Waals surface area contributed by atoms with E-state index >= 15 is 0 Å². The summed E-state index contributed by atoms with van der Waals surface area (Å²) < 4.78 is 142. The number of ether oxygens (including phenoxy) is 1. The first-order valence-corrected chi connectivity index (χ1v) is 14.2. The Hall–Kier alpha value is -2.66. The highest BCUT2D eigenvalue weighted by Gasteiger charge is 2.35. The maximum atomic E-state index is 12.9. The lowest BCUT2D eigenvalue weighted by Gasteiger charge is -2.19. The summed E-state index contributed by atoms with van der Waals surface area (Å²) in [5, 5.41) is 0.401. The molecule has 0 unspecified atom stereocenters. The van der Waals surface area contributed by atoms with Crippen molar-refractivity contribution >= 4 is 68.5 Å². The molecule has 0 saturated carbocycles. The molecular weight excluding hydrogens is 646 g/mol. The number of hydrogen-bond donors (Lipinski definition) is 0. The monoisotopic (exact) mass is 660 g/mol. The van der Waals surface area contributed by atoms with Crippen LogP contribution in [0.5, 0.6) is 5.75 Å². The molecule has 4 aromatic carbocycles. The van der Waals surface area contributed by atoms with E-state index in [1.807, 2.05) is 0 Å². The van der Waals surface area contributed by atoms with Gasteiger partial charge in [-0.1, -0.05) is 46.8 Å². The van der Waals surface area contributed by atoms with Gasteiger partial charge in [-0.25, -0.2) is 0 Å². The first kappa shape index (κ1) is 29.3. The van der Waals surface area contributed by atoms with Crippen molar-refractivity contribution < 1.29 is 56.3 Å². The van der Waals surface area contributed by atoms with Gasteiger partial charge in [-0.05, 0) is 17.5 Å². The smallest absolute Gasteiger partial charge is 0.413 e. The summed E-state index contributed by atoms with van der Waals surface area (Å²) in [5.74, 6) is -0.108. The third kappa shape index (κ3) is 5.94. The van der Waals surface area contributed by atoms with Gasteiger partial charge in [0.2, 0.25) is 0 Å². The topological polar surface area (TPSA) is 96.0 Å². The first-order chi connectivity index (χ1) is 18.0. The lowest BCUT2D eigenvalue weighted by Crippen LogP contribution is -2.21. The molecule has 0 N–H and O–H groups in total. The molecule has 210 valence electrons. The molecule has 0 aliphatic carbocycles. The van der Waals surface area contributed by atoms with Crippen molar-refractivity contribution in [3.8, 4) is 5.75 Å². The van der Waals surface area contributed by atoms with Gasteiger partial charge in [0.15, 0.2) is 13.2 Å². The molecule has 0 atom stereocenters. The molecule has 4 rings (SSSR count). The van der Waals surface area contributed by atoms with E-state index in [2.05, 4.69) is 30.9 Å². The van der Waals surface area contributed by atoms with Crippen LogP contribution in [0.2, 0.25) is 0 Å². The molecule has 4 aromatic rings. The number of benzene rings is 4. The van der Waals surface area contributed by atoms with E-state index in [1.165, 1.54) is 30.3 Å². The van der Waals surface area contributed by atoms with Crippen molar-refractivity contribution in [2.75, 3.05) is 19.8 Å². The fourth-order valence-corrected chi connectivity index (χ4v) is 6.89. The Morgan fingerprint density at radius 1 is 0.744 bits per heavy atom. The fraction of sp³-hybridized carbons (Fsp3) is 0.217. The second-order valence-corrected chi connectivity index (χ2v) is 12.1. The number of alkyl halides is 6. The maximum absolute atomic E-state index is 12.9. The zero-order valence-electron chi connectivity index (χ0n) is 19.2. The van der Waals surface area contributed by atoms with E-state index in [1.54, 1.807) is 0 Å². The molecule has 0 heterocycles. The second-order valence-electron chi connectivity index (χ2n) is 8.06. The lowest BCUT2D eigenvalue weighted by molar-refractivity contribution is -0.153. The first-order valence-electron chi connectivity index (χ1n) is 10.6. The average molecular weight is 661 g/mol.